The number of hydroxylamine groups is 4. The van der Waals surface area contributed by atoms with E-state index in [0.29, 0.717) is 0 Å². The topological polar surface area (TPSA) is 58.3 Å². The van der Waals surface area contributed by atoms with Crippen LogP contribution in [0.4, 0.5) is 0 Å². The highest BCUT2D eigenvalue weighted by Crippen LogP contribution is 2.35. The van der Waals surface area contributed by atoms with Crippen LogP contribution in [0, 0.1) is 5.21 Å². The van der Waals surface area contributed by atoms with Gasteiger partial charge >= 0.3 is 0 Å². The van der Waals surface area contributed by atoms with Gasteiger partial charge in [-0.25, -0.2) is 0 Å². The van der Waals surface area contributed by atoms with Crippen molar-refractivity contribution >= 4 is 0 Å². The fourth-order valence-electron chi connectivity index (χ4n) is 3.35. The highest BCUT2D eigenvalue weighted by Gasteiger charge is 2.40. The molecule has 0 bridgehead atoms. The quantitative estimate of drug-likeness (QED) is 0.597. The Morgan fingerprint density at radius 1 is 0.812 bits per heavy atom. The molecule has 0 radical (unpaired) electrons. The number of hydrogen-bond acceptors (Lipinski definition) is 3. The van der Waals surface area contributed by atoms with Gasteiger partial charge in [0.25, 0.3) is 0 Å². The van der Waals surface area contributed by atoms with E-state index in [1.54, 1.807) is 0 Å². The van der Waals surface area contributed by atoms with Crippen LogP contribution in [0.1, 0.15) is 64.2 Å². The second-order valence-corrected chi connectivity index (χ2v) is 5.33. The molecule has 2 N–H and O–H groups in total. The molecule has 2 saturated carbocycles. The van der Waals surface area contributed by atoms with Crippen molar-refractivity contribution in [3.8, 4) is 0 Å². The largest absolute Gasteiger partial charge is 0.596 e. The van der Waals surface area contributed by atoms with Crippen LogP contribution in [-0.2, 0) is 4.94 Å². The molecule has 94 valence electrons. The van der Waals surface area contributed by atoms with Gasteiger partial charge in [-0.15, -0.1) is 4.94 Å². The van der Waals surface area contributed by atoms with E-state index in [1.165, 1.54) is 12.8 Å². The number of hydrogen-bond donors (Lipinski definition) is 1. The number of quaternary nitrogens is 1. The Morgan fingerprint density at radius 2 is 1.19 bits per heavy atom. The second kappa shape index (κ2) is 5.45. The zero-order chi connectivity index (χ0) is 11.4. The van der Waals surface area contributed by atoms with Crippen molar-refractivity contribution in [1.82, 2.24) is 0 Å². The van der Waals surface area contributed by atoms with Gasteiger partial charge in [-0.1, -0.05) is 12.8 Å². The maximum atomic E-state index is 12.8. The van der Waals surface area contributed by atoms with E-state index in [-0.39, 0.29) is 12.1 Å². The zero-order valence-corrected chi connectivity index (χ0v) is 10.1. The Kier molecular flexibility index (Phi) is 4.19. The molecule has 0 amide bonds. The van der Waals surface area contributed by atoms with Crippen molar-refractivity contribution in [3.63, 3.8) is 0 Å². The minimum Gasteiger partial charge on any atom is -0.596 e. The third kappa shape index (κ3) is 2.40. The summed E-state index contributed by atoms with van der Waals surface area (Å²) in [5, 5.41) is 12.8. The maximum Gasteiger partial charge on any atom is 0.121 e. The first kappa shape index (κ1) is 12.3. The lowest BCUT2D eigenvalue weighted by Crippen LogP contribution is -2.59. The van der Waals surface area contributed by atoms with E-state index in [1.807, 2.05) is 0 Å². The lowest BCUT2D eigenvalue weighted by atomic mass is 9.90. The zero-order valence-electron chi connectivity index (χ0n) is 10.1. The summed E-state index contributed by atoms with van der Waals surface area (Å²) in [4.78, 5) is 4.33. The van der Waals surface area contributed by atoms with E-state index in [9.17, 15) is 5.21 Å². The number of nitrogens with zero attached hydrogens (tertiary/aromatic N) is 1. The van der Waals surface area contributed by atoms with E-state index in [0.717, 1.165) is 51.4 Å². The summed E-state index contributed by atoms with van der Waals surface area (Å²) >= 11 is 0. The molecule has 0 saturated heterocycles. The van der Waals surface area contributed by atoms with Crippen molar-refractivity contribution in [3.05, 3.63) is 5.21 Å². The minimum atomic E-state index is -0.569. The van der Waals surface area contributed by atoms with Crippen molar-refractivity contribution in [2.45, 2.75) is 76.3 Å². The summed E-state index contributed by atoms with van der Waals surface area (Å²) in [5.74, 6) is 5.33. The summed E-state index contributed by atoms with van der Waals surface area (Å²) in [6, 6.07) is 0.170. The van der Waals surface area contributed by atoms with Gasteiger partial charge in [0, 0.05) is 25.7 Å². The Morgan fingerprint density at radius 3 is 1.50 bits per heavy atom. The Labute approximate surface area is 97.8 Å². The predicted molar refractivity (Wildman–Crippen MR) is 62.6 cm³/mol. The SMILES string of the molecule is NO[N+]([O-])(C1CCCCC1)C1CCCCC1. The highest BCUT2D eigenvalue weighted by atomic mass is 17.0. The van der Waals surface area contributed by atoms with Crippen LogP contribution in [0.5, 0.6) is 0 Å². The first-order valence-corrected chi connectivity index (χ1v) is 6.75. The van der Waals surface area contributed by atoms with Crippen LogP contribution in [0.15, 0.2) is 0 Å². The summed E-state index contributed by atoms with van der Waals surface area (Å²) < 4.78 is 0. The van der Waals surface area contributed by atoms with Crippen LogP contribution < -0.4 is 5.90 Å². The molecule has 4 nitrogen and oxygen atoms in total. The summed E-state index contributed by atoms with van der Waals surface area (Å²) in [5.41, 5.74) is 0. The number of rotatable bonds is 3. The molecule has 0 aromatic rings. The number of nitrogens with two attached hydrogens (primary N) is 1. The van der Waals surface area contributed by atoms with Crippen LogP contribution in [-0.4, -0.2) is 16.9 Å². The molecule has 0 aromatic heterocycles. The van der Waals surface area contributed by atoms with E-state index < -0.39 is 4.81 Å². The first-order valence-electron chi connectivity index (χ1n) is 6.75. The molecule has 0 unspecified atom stereocenters. The lowest BCUT2D eigenvalue weighted by Gasteiger charge is -2.50. The molecule has 16 heavy (non-hydrogen) atoms. The van der Waals surface area contributed by atoms with Crippen LogP contribution in [0.3, 0.4) is 0 Å². The summed E-state index contributed by atoms with van der Waals surface area (Å²) in [7, 11) is 0. The van der Waals surface area contributed by atoms with Crippen molar-refractivity contribution < 1.29 is 9.75 Å². The molecule has 4 heteroatoms. The smallest absolute Gasteiger partial charge is 0.121 e. The molecule has 0 heterocycles. The molecule has 2 fully saturated rings. The van der Waals surface area contributed by atoms with Crippen LogP contribution in [0.2, 0.25) is 0 Å². The van der Waals surface area contributed by atoms with Gasteiger partial charge in [0.1, 0.15) is 12.1 Å². The normalized spacial score (nSPS) is 25.9. The molecular formula is C12H24N2O2. The van der Waals surface area contributed by atoms with Crippen molar-refractivity contribution in [2.75, 3.05) is 0 Å². The van der Waals surface area contributed by atoms with Crippen LogP contribution >= 0.6 is 0 Å². The van der Waals surface area contributed by atoms with Gasteiger partial charge in [-0.3, -0.25) is 0 Å². The molecule has 2 aliphatic carbocycles. The molecule has 0 aromatic carbocycles. The highest BCUT2D eigenvalue weighted by molar-refractivity contribution is 4.72. The predicted octanol–water partition coefficient (Wildman–Crippen LogP) is 2.77. The second-order valence-electron chi connectivity index (χ2n) is 5.33. The fourth-order valence-corrected chi connectivity index (χ4v) is 3.35. The van der Waals surface area contributed by atoms with E-state index in [2.05, 4.69) is 0 Å². The molecule has 0 atom stereocenters. The van der Waals surface area contributed by atoms with E-state index >= 15 is 0 Å². The molecule has 2 aliphatic rings. The fraction of sp³-hybridized carbons (Fsp3) is 1.00. The summed E-state index contributed by atoms with van der Waals surface area (Å²) in [6.45, 7) is 0. The average Bonchev–Trinajstić information content (AvgIpc) is 2.40. The molecule has 2 rings (SSSR count). The monoisotopic (exact) mass is 228 g/mol. The van der Waals surface area contributed by atoms with Crippen molar-refractivity contribution in [2.24, 2.45) is 5.90 Å². The van der Waals surface area contributed by atoms with Gasteiger partial charge in [0.05, 0.1) is 0 Å². The van der Waals surface area contributed by atoms with E-state index in [4.69, 9.17) is 10.8 Å². The molecule has 0 aliphatic heterocycles. The molecular weight excluding hydrogens is 204 g/mol. The van der Waals surface area contributed by atoms with Gasteiger partial charge < -0.3 is 5.21 Å². The lowest BCUT2D eigenvalue weighted by molar-refractivity contribution is -1.11. The minimum absolute atomic E-state index is 0.0850. The third-order valence-corrected chi connectivity index (χ3v) is 4.33. The Balaban J connectivity index is 2.03. The summed E-state index contributed by atoms with van der Waals surface area (Å²) in [6.07, 6.45) is 11.1. The molecule has 0 spiro atoms. The van der Waals surface area contributed by atoms with Gasteiger partial charge in [0.2, 0.25) is 0 Å². The average molecular weight is 228 g/mol. The standard InChI is InChI=1S/C12H24N2O2/c13-16-14(15,11-7-3-1-4-8-11)12-9-5-2-6-10-12/h11-12H,1-10,13H2. The Bertz CT molecular complexity index is 193. The Hall–Kier alpha value is -0.160. The maximum absolute atomic E-state index is 12.8. The van der Waals surface area contributed by atoms with Crippen LogP contribution in [0.25, 0.3) is 0 Å². The van der Waals surface area contributed by atoms with Crippen molar-refractivity contribution in [1.29, 1.82) is 0 Å². The van der Waals surface area contributed by atoms with Gasteiger partial charge in [0.15, 0.2) is 0 Å². The first-order chi connectivity index (χ1) is 7.77. The third-order valence-electron chi connectivity index (χ3n) is 4.33. The van der Waals surface area contributed by atoms with Gasteiger partial charge in [-0.05, 0) is 25.7 Å². The van der Waals surface area contributed by atoms with Gasteiger partial charge in [-0.2, -0.15) is 10.7 Å².